The monoisotopic (exact) mass is 232 g/mol. The molecule has 0 atom stereocenters. The van der Waals surface area contributed by atoms with E-state index in [1.54, 1.807) is 0 Å². The Labute approximate surface area is 101 Å². The SMILES string of the molecule is [Ti].c1ccc2c(c1)sc1ccccc12. The molecule has 1 aromatic heterocycles. The van der Waals surface area contributed by atoms with E-state index in [1.165, 1.54) is 20.2 Å². The minimum absolute atomic E-state index is 0. The molecule has 0 aliphatic rings. The third kappa shape index (κ3) is 1.42. The van der Waals surface area contributed by atoms with Crippen LogP contribution in [-0.4, -0.2) is 0 Å². The first-order valence-corrected chi connectivity index (χ1v) is 5.13. The molecule has 3 rings (SSSR count). The Morgan fingerprint density at radius 2 is 1.07 bits per heavy atom. The number of benzene rings is 2. The summed E-state index contributed by atoms with van der Waals surface area (Å²) in [5.41, 5.74) is 0. The second kappa shape index (κ2) is 3.86. The molecule has 0 nitrogen and oxygen atoms in total. The summed E-state index contributed by atoms with van der Waals surface area (Å²) >= 11 is 1.86. The van der Waals surface area contributed by atoms with Crippen LogP contribution < -0.4 is 0 Å². The van der Waals surface area contributed by atoms with Gasteiger partial charge in [0.25, 0.3) is 0 Å². The number of rotatable bonds is 0. The van der Waals surface area contributed by atoms with Gasteiger partial charge in [0.2, 0.25) is 0 Å². The summed E-state index contributed by atoms with van der Waals surface area (Å²) in [5, 5.41) is 2.76. The van der Waals surface area contributed by atoms with Crippen LogP contribution in [0.1, 0.15) is 0 Å². The van der Waals surface area contributed by atoms with Gasteiger partial charge in [0, 0.05) is 41.9 Å². The zero-order valence-corrected chi connectivity index (χ0v) is 9.91. The van der Waals surface area contributed by atoms with Crippen LogP contribution in [0, 0.1) is 0 Å². The Kier molecular flexibility index (Phi) is 2.73. The Morgan fingerprint density at radius 1 is 0.643 bits per heavy atom. The predicted molar refractivity (Wildman–Crippen MR) is 59.3 cm³/mol. The Balaban J connectivity index is 0.000000750. The van der Waals surface area contributed by atoms with E-state index in [2.05, 4.69) is 48.5 Å². The van der Waals surface area contributed by atoms with Gasteiger partial charge in [-0.3, -0.25) is 0 Å². The normalized spacial score (nSPS) is 10.3. The van der Waals surface area contributed by atoms with Gasteiger partial charge in [0.05, 0.1) is 0 Å². The van der Waals surface area contributed by atoms with Crippen molar-refractivity contribution in [3.63, 3.8) is 0 Å². The van der Waals surface area contributed by atoms with Crippen molar-refractivity contribution in [1.82, 2.24) is 0 Å². The summed E-state index contributed by atoms with van der Waals surface area (Å²) in [5.74, 6) is 0. The minimum atomic E-state index is 0. The van der Waals surface area contributed by atoms with Gasteiger partial charge in [-0.15, -0.1) is 11.3 Å². The average Bonchev–Trinajstić information content (AvgIpc) is 2.56. The van der Waals surface area contributed by atoms with Crippen LogP contribution in [0.15, 0.2) is 48.5 Å². The van der Waals surface area contributed by atoms with Crippen LogP contribution in [0.2, 0.25) is 0 Å². The molecule has 66 valence electrons. The van der Waals surface area contributed by atoms with Gasteiger partial charge in [-0.2, -0.15) is 0 Å². The first-order chi connectivity index (χ1) is 6.45. The summed E-state index contributed by atoms with van der Waals surface area (Å²) in [4.78, 5) is 0. The van der Waals surface area contributed by atoms with Crippen molar-refractivity contribution >= 4 is 31.5 Å². The van der Waals surface area contributed by atoms with Crippen molar-refractivity contribution in [1.29, 1.82) is 0 Å². The van der Waals surface area contributed by atoms with E-state index in [0.29, 0.717) is 0 Å². The molecule has 0 fully saturated rings. The summed E-state index contributed by atoms with van der Waals surface area (Å²) < 4.78 is 2.76. The van der Waals surface area contributed by atoms with Gasteiger partial charge >= 0.3 is 0 Å². The number of thiophene rings is 1. The molecule has 0 radical (unpaired) electrons. The van der Waals surface area contributed by atoms with Crippen molar-refractivity contribution in [3.8, 4) is 0 Å². The molecule has 0 aliphatic carbocycles. The Bertz CT molecular complexity index is 518. The maximum atomic E-state index is 2.19. The van der Waals surface area contributed by atoms with E-state index in [4.69, 9.17) is 0 Å². The van der Waals surface area contributed by atoms with Crippen LogP contribution in [-0.2, 0) is 21.7 Å². The molecule has 0 saturated carbocycles. The van der Waals surface area contributed by atoms with Gasteiger partial charge in [-0.05, 0) is 12.1 Å². The quantitative estimate of drug-likeness (QED) is 0.513. The molecule has 14 heavy (non-hydrogen) atoms. The van der Waals surface area contributed by atoms with Gasteiger partial charge in [0.1, 0.15) is 0 Å². The van der Waals surface area contributed by atoms with Gasteiger partial charge in [0.15, 0.2) is 0 Å². The fourth-order valence-electron chi connectivity index (χ4n) is 1.67. The van der Waals surface area contributed by atoms with Crippen molar-refractivity contribution in [2.45, 2.75) is 0 Å². The maximum absolute atomic E-state index is 2.19. The van der Waals surface area contributed by atoms with E-state index in [9.17, 15) is 0 Å². The van der Waals surface area contributed by atoms with Crippen molar-refractivity contribution in [2.24, 2.45) is 0 Å². The average molecular weight is 232 g/mol. The van der Waals surface area contributed by atoms with E-state index >= 15 is 0 Å². The van der Waals surface area contributed by atoms with Crippen molar-refractivity contribution < 1.29 is 21.7 Å². The molecular weight excluding hydrogens is 224 g/mol. The van der Waals surface area contributed by atoms with Crippen molar-refractivity contribution in [3.05, 3.63) is 48.5 Å². The molecule has 2 aromatic carbocycles. The minimum Gasteiger partial charge on any atom is -0.135 e. The summed E-state index contributed by atoms with van der Waals surface area (Å²) in [6, 6.07) is 17.1. The fourth-order valence-corrected chi connectivity index (χ4v) is 2.78. The first kappa shape index (κ1) is 9.91. The number of hydrogen-bond acceptors (Lipinski definition) is 1. The van der Waals surface area contributed by atoms with Gasteiger partial charge in [-0.25, -0.2) is 0 Å². The first-order valence-electron chi connectivity index (χ1n) is 4.31. The number of fused-ring (bicyclic) bond motifs is 3. The van der Waals surface area contributed by atoms with Crippen molar-refractivity contribution in [2.75, 3.05) is 0 Å². The van der Waals surface area contributed by atoms with E-state index < -0.39 is 0 Å². The maximum Gasteiger partial charge on any atom is 0.0355 e. The van der Waals surface area contributed by atoms with E-state index in [0.717, 1.165) is 0 Å². The molecular formula is C12H8STi. The van der Waals surface area contributed by atoms with E-state index in [1.807, 2.05) is 11.3 Å². The van der Waals surface area contributed by atoms with Crippen LogP contribution in [0.25, 0.3) is 20.2 Å². The van der Waals surface area contributed by atoms with Crippen LogP contribution >= 0.6 is 11.3 Å². The molecule has 0 bridgehead atoms. The Hall–Kier alpha value is -0.626. The smallest absolute Gasteiger partial charge is 0.0355 e. The summed E-state index contributed by atoms with van der Waals surface area (Å²) in [6.45, 7) is 0. The fraction of sp³-hybridized carbons (Fsp3) is 0. The van der Waals surface area contributed by atoms with Gasteiger partial charge < -0.3 is 0 Å². The van der Waals surface area contributed by atoms with Crippen LogP contribution in [0.4, 0.5) is 0 Å². The number of hydrogen-bond donors (Lipinski definition) is 0. The molecule has 0 N–H and O–H groups in total. The van der Waals surface area contributed by atoms with E-state index in [-0.39, 0.29) is 21.7 Å². The largest absolute Gasteiger partial charge is 0.135 e. The molecule has 0 saturated heterocycles. The molecule has 3 aromatic rings. The summed E-state index contributed by atoms with van der Waals surface area (Å²) in [6.07, 6.45) is 0. The molecule has 0 aliphatic heterocycles. The second-order valence-electron chi connectivity index (χ2n) is 3.09. The third-order valence-corrected chi connectivity index (χ3v) is 3.44. The molecule has 0 spiro atoms. The second-order valence-corrected chi connectivity index (χ2v) is 4.18. The Morgan fingerprint density at radius 3 is 1.57 bits per heavy atom. The molecule has 1 heterocycles. The standard InChI is InChI=1S/C12H8S.Ti/c1-3-7-11-9(5-1)10-6-2-4-8-12(10)13-11;/h1-8H;. The van der Waals surface area contributed by atoms with Crippen LogP contribution in [0.3, 0.4) is 0 Å². The van der Waals surface area contributed by atoms with Crippen LogP contribution in [0.5, 0.6) is 0 Å². The predicted octanol–water partition coefficient (Wildman–Crippen LogP) is 4.05. The third-order valence-electron chi connectivity index (χ3n) is 2.28. The molecule has 2 heteroatoms. The molecule has 0 amide bonds. The topological polar surface area (TPSA) is 0 Å². The zero-order valence-electron chi connectivity index (χ0n) is 7.53. The zero-order chi connectivity index (χ0) is 8.67. The molecule has 0 unspecified atom stereocenters. The van der Waals surface area contributed by atoms with Gasteiger partial charge in [-0.1, -0.05) is 36.4 Å². The summed E-state index contributed by atoms with van der Waals surface area (Å²) in [7, 11) is 0.